The maximum Gasteiger partial charge on any atom is 0.0829 e. The van der Waals surface area contributed by atoms with Crippen molar-refractivity contribution >= 4 is 0 Å². The molecular weight excluding hydrogens is 238 g/mol. The molecule has 2 bridgehead atoms. The molecule has 0 radical (unpaired) electrons. The Kier molecular flexibility index (Phi) is 4.42. The van der Waals surface area contributed by atoms with Crippen LogP contribution < -0.4 is 5.32 Å². The molecule has 0 spiro atoms. The van der Waals surface area contributed by atoms with Gasteiger partial charge in [0.15, 0.2) is 0 Å². The van der Waals surface area contributed by atoms with E-state index in [-0.39, 0.29) is 0 Å². The highest BCUT2D eigenvalue weighted by molar-refractivity contribution is 4.95. The lowest BCUT2D eigenvalue weighted by atomic mass is 9.81. The predicted molar refractivity (Wildman–Crippen MR) is 77.5 cm³/mol. The molecule has 3 atom stereocenters. The van der Waals surface area contributed by atoms with Gasteiger partial charge in [-0.3, -0.25) is 4.90 Å². The molecule has 1 N–H and O–H groups in total. The highest BCUT2D eigenvalue weighted by Crippen LogP contribution is 2.34. The molecule has 4 heteroatoms. The van der Waals surface area contributed by atoms with Crippen molar-refractivity contribution in [2.75, 3.05) is 40.3 Å². The van der Waals surface area contributed by atoms with Gasteiger partial charge in [0.2, 0.25) is 0 Å². The van der Waals surface area contributed by atoms with Gasteiger partial charge in [-0.1, -0.05) is 6.42 Å². The van der Waals surface area contributed by atoms with E-state index in [0.717, 1.165) is 44.4 Å². The molecule has 19 heavy (non-hydrogen) atoms. The zero-order valence-corrected chi connectivity index (χ0v) is 12.5. The molecule has 0 aromatic carbocycles. The third kappa shape index (κ3) is 3.13. The van der Waals surface area contributed by atoms with Crippen molar-refractivity contribution < 1.29 is 4.74 Å². The quantitative estimate of drug-likeness (QED) is 0.823. The first-order chi connectivity index (χ1) is 9.26. The summed E-state index contributed by atoms with van der Waals surface area (Å²) < 4.78 is 5.97. The van der Waals surface area contributed by atoms with Crippen molar-refractivity contribution in [1.82, 2.24) is 15.1 Å². The lowest BCUT2D eigenvalue weighted by Crippen LogP contribution is -2.59. The number of nitrogens with one attached hydrogen (secondary N) is 1. The first-order valence-corrected chi connectivity index (χ1v) is 7.99. The number of fused-ring (bicyclic) bond motifs is 2. The van der Waals surface area contributed by atoms with E-state index in [1.165, 1.54) is 32.1 Å². The number of morpholine rings is 1. The van der Waals surface area contributed by atoms with Crippen LogP contribution in [0.2, 0.25) is 0 Å². The minimum absolute atomic E-state index is 0.424. The van der Waals surface area contributed by atoms with E-state index in [1.54, 1.807) is 0 Å². The highest BCUT2D eigenvalue weighted by Gasteiger charge is 2.39. The number of hydrogen-bond acceptors (Lipinski definition) is 4. The van der Waals surface area contributed by atoms with Gasteiger partial charge in [-0.15, -0.1) is 0 Å². The standard InChI is InChI=1S/C15H29N3O/c1-16-12-8-13-4-3-5-14(9-12)18(13)11-15-10-17(2)6-7-19-15/h12-16H,3-11H2,1-2H3. The molecule has 3 saturated heterocycles. The number of likely N-dealkylation sites (N-methyl/N-ethyl adjacent to an activating group) is 1. The van der Waals surface area contributed by atoms with E-state index < -0.39 is 0 Å². The predicted octanol–water partition coefficient (Wildman–Crippen LogP) is 0.922. The van der Waals surface area contributed by atoms with Crippen molar-refractivity contribution in [2.45, 2.75) is 56.3 Å². The average Bonchev–Trinajstić information content (AvgIpc) is 2.38. The molecule has 0 aromatic rings. The fourth-order valence-electron chi connectivity index (χ4n) is 4.22. The van der Waals surface area contributed by atoms with Gasteiger partial charge in [0, 0.05) is 37.8 Å². The summed E-state index contributed by atoms with van der Waals surface area (Å²) >= 11 is 0. The first kappa shape index (κ1) is 13.8. The molecule has 3 fully saturated rings. The van der Waals surface area contributed by atoms with E-state index >= 15 is 0 Å². The minimum atomic E-state index is 0.424. The van der Waals surface area contributed by atoms with Crippen LogP contribution in [-0.2, 0) is 4.74 Å². The summed E-state index contributed by atoms with van der Waals surface area (Å²) in [5, 5.41) is 3.50. The lowest BCUT2D eigenvalue weighted by molar-refractivity contribution is -0.0678. The second-order valence-corrected chi connectivity index (χ2v) is 6.65. The number of hydrogen-bond donors (Lipinski definition) is 1. The van der Waals surface area contributed by atoms with Crippen molar-refractivity contribution in [3.8, 4) is 0 Å². The molecule has 3 rings (SSSR count). The fraction of sp³-hybridized carbons (Fsp3) is 1.00. The Morgan fingerprint density at radius 1 is 1.21 bits per heavy atom. The SMILES string of the molecule is CNC1CC2CCCC(C1)N2CC1CN(C)CCO1. The molecule has 3 aliphatic heterocycles. The molecule has 110 valence electrons. The Morgan fingerprint density at radius 3 is 2.58 bits per heavy atom. The van der Waals surface area contributed by atoms with Gasteiger partial charge in [0.25, 0.3) is 0 Å². The Balaban J connectivity index is 1.60. The van der Waals surface area contributed by atoms with Crippen LogP contribution in [0.3, 0.4) is 0 Å². The third-order valence-electron chi connectivity index (χ3n) is 5.29. The van der Waals surface area contributed by atoms with Crippen LogP contribution in [0.5, 0.6) is 0 Å². The van der Waals surface area contributed by atoms with Crippen molar-refractivity contribution in [3.63, 3.8) is 0 Å². The van der Waals surface area contributed by atoms with Crippen LogP contribution in [0.1, 0.15) is 32.1 Å². The van der Waals surface area contributed by atoms with Crippen LogP contribution in [0.4, 0.5) is 0 Å². The van der Waals surface area contributed by atoms with E-state index in [9.17, 15) is 0 Å². The zero-order valence-electron chi connectivity index (χ0n) is 12.5. The van der Waals surface area contributed by atoms with Gasteiger partial charge in [-0.25, -0.2) is 0 Å². The normalized spacial score (nSPS) is 41.4. The topological polar surface area (TPSA) is 27.7 Å². The maximum absolute atomic E-state index is 5.97. The monoisotopic (exact) mass is 267 g/mol. The second-order valence-electron chi connectivity index (χ2n) is 6.65. The van der Waals surface area contributed by atoms with E-state index in [0.29, 0.717) is 6.10 Å². The van der Waals surface area contributed by atoms with Crippen LogP contribution in [-0.4, -0.2) is 74.4 Å². The van der Waals surface area contributed by atoms with Gasteiger partial charge in [0.05, 0.1) is 12.7 Å². The molecule has 3 heterocycles. The largest absolute Gasteiger partial charge is 0.374 e. The Morgan fingerprint density at radius 2 is 1.95 bits per heavy atom. The summed E-state index contributed by atoms with van der Waals surface area (Å²) in [6.07, 6.45) is 7.28. The van der Waals surface area contributed by atoms with E-state index in [2.05, 4.69) is 29.2 Å². The Bertz CT molecular complexity index is 285. The van der Waals surface area contributed by atoms with Crippen molar-refractivity contribution in [3.05, 3.63) is 0 Å². The van der Waals surface area contributed by atoms with Gasteiger partial charge in [-0.05, 0) is 39.8 Å². The van der Waals surface area contributed by atoms with E-state index in [4.69, 9.17) is 4.74 Å². The van der Waals surface area contributed by atoms with Crippen LogP contribution >= 0.6 is 0 Å². The van der Waals surface area contributed by atoms with Gasteiger partial charge < -0.3 is 15.0 Å². The number of nitrogens with zero attached hydrogens (tertiary/aromatic N) is 2. The summed E-state index contributed by atoms with van der Waals surface area (Å²) in [4.78, 5) is 5.19. The van der Waals surface area contributed by atoms with Crippen LogP contribution in [0, 0.1) is 0 Å². The first-order valence-electron chi connectivity index (χ1n) is 7.99. The molecule has 0 aromatic heterocycles. The average molecular weight is 267 g/mol. The van der Waals surface area contributed by atoms with Gasteiger partial charge in [0.1, 0.15) is 0 Å². The molecule has 3 aliphatic rings. The van der Waals surface area contributed by atoms with Gasteiger partial charge in [-0.2, -0.15) is 0 Å². The second kappa shape index (κ2) is 6.08. The fourth-order valence-corrected chi connectivity index (χ4v) is 4.22. The molecule has 0 amide bonds. The molecule has 4 nitrogen and oxygen atoms in total. The number of rotatable bonds is 3. The van der Waals surface area contributed by atoms with Crippen molar-refractivity contribution in [1.29, 1.82) is 0 Å². The summed E-state index contributed by atoms with van der Waals surface area (Å²) in [5.41, 5.74) is 0. The summed E-state index contributed by atoms with van der Waals surface area (Å²) in [5.74, 6) is 0. The minimum Gasteiger partial charge on any atom is -0.374 e. The van der Waals surface area contributed by atoms with Gasteiger partial charge >= 0.3 is 0 Å². The number of piperidine rings is 2. The number of ether oxygens (including phenoxy) is 1. The summed E-state index contributed by atoms with van der Waals surface area (Å²) in [6, 6.07) is 2.32. The zero-order chi connectivity index (χ0) is 13.2. The molecule has 0 saturated carbocycles. The lowest BCUT2D eigenvalue weighted by Gasteiger charge is -2.50. The Hall–Kier alpha value is -0.160. The maximum atomic E-state index is 5.97. The van der Waals surface area contributed by atoms with Crippen molar-refractivity contribution in [2.24, 2.45) is 0 Å². The molecule has 0 aliphatic carbocycles. The smallest absolute Gasteiger partial charge is 0.0829 e. The summed E-state index contributed by atoms with van der Waals surface area (Å²) in [7, 11) is 4.33. The highest BCUT2D eigenvalue weighted by atomic mass is 16.5. The summed E-state index contributed by atoms with van der Waals surface area (Å²) in [6.45, 7) is 4.25. The third-order valence-corrected chi connectivity index (χ3v) is 5.29. The van der Waals surface area contributed by atoms with E-state index in [1.807, 2.05) is 0 Å². The Labute approximate surface area is 117 Å². The molecule has 3 unspecified atom stereocenters. The van der Waals surface area contributed by atoms with Crippen LogP contribution in [0.15, 0.2) is 0 Å². The van der Waals surface area contributed by atoms with Crippen LogP contribution in [0.25, 0.3) is 0 Å². The molecular formula is C15H29N3O.